The minimum Gasteiger partial charge on any atom is -0.481 e. The van der Waals surface area contributed by atoms with E-state index in [0.717, 1.165) is 63.5 Å². The van der Waals surface area contributed by atoms with E-state index >= 15 is 0 Å². The molecule has 2 saturated carbocycles. The Labute approximate surface area is 124 Å². The van der Waals surface area contributed by atoms with E-state index in [1.54, 1.807) is 0 Å². The van der Waals surface area contributed by atoms with Gasteiger partial charge in [0, 0.05) is 6.54 Å². The highest BCUT2D eigenvalue weighted by molar-refractivity contribution is 5.86. The van der Waals surface area contributed by atoms with E-state index in [2.05, 4.69) is 10.5 Å². The molecule has 6 nitrogen and oxygen atoms in total. The number of nitrogens with zero attached hydrogens (tertiary/aromatic N) is 1. The summed E-state index contributed by atoms with van der Waals surface area (Å²) in [6, 6.07) is 0. The fourth-order valence-corrected chi connectivity index (χ4v) is 3.31. The van der Waals surface area contributed by atoms with Gasteiger partial charge in [-0.15, -0.1) is 0 Å². The van der Waals surface area contributed by atoms with Gasteiger partial charge in [-0.3, -0.25) is 9.63 Å². The van der Waals surface area contributed by atoms with Crippen molar-refractivity contribution in [3.63, 3.8) is 0 Å². The topological polar surface area (TPSA) is 88.0 Å². The molecule has 0 saturated heterocycles. The molecule has 1 amide bonds. The second-order valence-electron chi connectivity index (χ2n) is 6.23. The number of hydrogen-bond donors (Lipinski definition) is 2. The van der Waals surface area contributed by atoms with Crippen LogP contribution in [0, 0.1) is 5.41 Å². The first-order chi connectivity index (χ1) is 10.1. The molecular weight excluding hydrogens is 272 g/mol. The second kappa shape index (κ2) is 7.43. The SMILES string of the molecule is O=C(O)CC1(CNC(=O)ON=C2CCCC2)CCCCC1. The lowest BCUT2D eigenvalue weighted by Gasteiger charge is -2.35. The third-order valence-corrected chi connectivity index (χ3v) is 4.49. The number of nitrogens with one attached hydrogen (secondary N) is 1. The lowest BCUT2D eigenvalue weighted by molar-refractivity contribution is -0.140. The molecule has 2 fully saturated rings. The lowest BCUT2D eigenvalue weighted by atomic mass is 9.72. The highest BCUT2D eigenvalue weighted by Crippen LogP contribution is 2.38. The van der Waals surface area contributed by atoms with Crippen LogP contribution in [0.2, 0.25) is 0 Å². The molecule has 118 valence electrons. The van der Waals surface area contributed by atoms with E-state index in [4.69, 9.17) is 9.94 Å². The Morgan fingerprint density at radius 3 is 2.43 bits per heavy atom. The third kappa shape index (κ3) is 5.02. The highest BCUT2D eigenvalue weighted by Gasteiger charge is 2.34. The Morgan fingerprint density at radius 1 is 1.14 bits per heavy atom. The summed E-state index contributed by atoms with van der Waals surface area (Å²) in [5.74, 6) is -0.807. The van der Waals surface area contributed by atoms with Gasteiger partial charge in [0.1, 0.15) is 0 Å². The maximum Gasteiger partial charge on any atom is 0.433 e. The predicted octanol–water partition coefficient (Wildman–Crippen LogP) is 3.07. The number of carboxylic acid groups (broad SMARTS) is 1. The summed E-state index contributed by atoms with van der Waals surface area (Å²) in [5.41, 5.74) is 0.604. The van der Waals surface area contributed by atoms with Crippen LogP contribution in [0.5, 0.6) is 0 Å². The molecule has 0 aromatic heterocycles. The van der Waals surface area contributed by atoms with Crippen molar-refractivity contribution in [3.8, 4) is 0 Å². The Morgan fingerprint density at radius 2 is 1.81 bits per heavy atom. The van der Waals surface area contributed by atoms with Gasteiger partial charge in [-0.1, -0.05) is 24.4 Å². The van der Waals surface area contributed by atoms with Gasteiger partial charge in [0.25, 0.3) is 0 Å². The van der Waals surface area contributed by atoms with E-state index in [9.17, 15) is 9.59 Å². The van der Waals surface area contributed by atoms with E-state index in [1.165, 1.54) is 0 Å². The molecule has 0 spiro atoms. The molecule has 6 heteroatoms. The summed E-state index contributed by atoms with van der Waals surface area (Å²) in [5, 5.41) is 15.6. The van der Waals surface area contributed by atoms with Crippen molar-refractivity contribution in [3.05, 3.63) is 0 Å². The van der Waals surface area contributed by atoms with Crippen molar-refractivity contribution in [2.75, 3.05) is 6.54 Å². The van der Waals surface area contributed by atoms with Crippen molar-refractivity contribution in [2.24, 2.45) is 10.6 Å². The zero-order valence-electron chi connectivity index (χ0n) is 12.4. The van der Waals surface area contributed by atoms with Crippen LogP contribution in [-0.2, 0) is 9.63 Å². The summed E-state index contributed by atoms with van der Waals surface area (Å²) in [4.78, 5) is 27.6. The standard InChI is InChI=1S/C15H24N2O4/c18-13(19)10-15(8-4-1-5-9-15)11-16-14(20)21-17-12-6-2-3-7-12/h1-11H2,(H,16,20)(H,18,19). The second-order valence-corrected chi connectivity index (χ2v) is 6.23. The van der Waals surface area contributed by atoms with Crippen LogP contribution in [0.4, 0.5) is 4.79 Å². The van der Waals surface area contributed by atoms with Crippen molar-refractivity contribution in [1.82, 2.24) is 5.32 Å². The first kappa shape index (κ1) is 15.8. The van der Waals surface area contributed by atoms with Crippen LogP contribution in [0.1, 0.15) is 64.2 Å². The van der Waals surface area contributed by atoms with Gasteiger partial charge in [0.2, 0.25) is 0 Å². The van der Waals surface area contributed by atoms with E-state index in [0.29, 0.717) is 6.54 Å². The van der Waals surface area contributed by atoms with Crippen LogP contribution in [-0.4, -0.2) is 29.4 Å². The molecule has 0 atom stereocenters. The van der Waals surface area contributed by atoms with Gasteiger partial charge >= 0.3 is 12.1 Å². The number of amides is 1. The largest absolute Gasteiger partial charge is 0.481 e. The van der Waals surface area contributed by atoms with E-state index < -0.39 is 12.1 Å². The summed E-state index contributed by atoms with van der Waals surface area (Å²) in [7, 11) is 0. The molecule has 0 bridgehead atoms. The van der Waals surface area contributed by atoms with Gasteiger partial charge < -0.3 is 10.4 Å². The van der Waals surface area contributed by atoms with Crippen molar-refractivity contribution >= 4 is 17.8 Å². The van der Waals surface area contributed by atoms with Gasteiger partial charge in [-0.2, -0.15) is 0 Å². The number of oxime groups is 1. The summed E-state index contributed by atoms with van der Waals surface area (Å²) < 4.78 is 0. The van der Waals surface area contributed by atoms with Crippen molar-refractivity contribution in [1.29, 1.82) is 0 Å². The molecule has 0 aromatic rings. The minimum absolute atomic E-state index is 0.0990. The Balaban J connectivity index is 1.81. The summed E-state index contributed by atoms with van der Waals surface area (Å²) in [6.45, 7) is 0.350. The van der Waals surface area contributed by atoms with Crippen molar-refractivity contribution < 1.29 is 19.5 Å². The Hall–Kier alpha value is -1.59. The lowest BCUT2D eigenvalue weighted by Crippen LogP contribution is -2.40. The molecule has 2 rings (SSSR count). The van der Waals surface area contributed by atoms with Crippen LogP contribution in [0.25, 0.3) is 0 Å². The van der Waals surface area contributed by atoms with Crippen LogP contribution >= 0.6 is 0 Å². The average molecular weight is 296 g/mol. The highest BCUT2D eigenvalue weighted by atomic mass is 16.7. The van der Waals surface area contributed by atoms with Gasteiger partial charge in [0.15, 0.2) is 0 Å². The zero-order valence-corrected chi connectivity index (χ0v) is 12.4. The maximum absolute atomic E-state index is 11.7. The van der Waals surface area contributed by atoms with E-state index in [1.807, 2.05) is 0 Å². The number of rotatable bonds is 5. The fraction of sp³-hybridized carbons (Fsp3) is 0.800. The normalized spacial score (nSPS) is 20.9. The molecular formula is C15H24N2O4. The van der Waals surface area contributed by atoms with Gasteiger partial charge in [-0.25, -0.2) is 4.79 Å². The number of carboxylic acids is 1. The van der Waals surface area contributed by atoms with Gasteiger partial charge in [0.05, 0.1) is 12.1 Å². The van der Waals surface area contributed by atoms with E-state index in [-0.39, 0.29) is 11.8 Å². The summed E-state index contributed by atoms with van der Waals surface area (Å²) in [6.07, 6.45) is 8.38. The molecule has 0 radical (unpaired) electrons. The van der Waals surface area contributed by atoms with Gasteiger partial charge in [-0.05, 0) is 43.9 Å². The molecule has 21 heavy (non-hydrogen) atoms. The van der Waals surface area contributed by atoms with Crippen molar-refractivity contribution in [2.45, 2.75) is 64.2 Å². The monoisotopic (exact) mass is 296 g/mol. The molecule has 2 aliphatic rings. The number of hydrogen-bond acceptors (Lipinski definition) is 4. The minimum atomic E-state index is -0.807. The maximum atomic E-state index is 11.7. The van der Waals surface area contributed by atoms with Crippen LogP contribution < -0.4 is 5.32 Å². The molecule has 2 aliphatic carbocycles. The molecule has 0 heterocycles. The zero-order chi connectivity index (χ0) is 15.1. The molecule has 0 aromatic carbocycles. The number of aliphatic carboxylic acids is 1. The first-order valence-electron chi connectivity index (χ1n) is 7.82. The van der Waals surface area contributed by atoms with Crippen LogP contribution in [0.3, 0.4) is 0 Å². The molecule has 0 unspecified atom stereocenters. The molecule has 2 N–H and O–H groups in total. The first-order valence-corrected chi connectivity index (χ1v) is 7.82. The average Bonchev–Trinajstić information content (AvgIpc) is 2.96. The predicted molar refractivity (Wildman–Crippen MR) is 78.2 cm³/mol. The molecule has 0 aliphatic heterocycles. The number of carbonyl (C=O) groups excluding carboxylic acids is 1. The van der Waals surface area contributed by atoms with Crippen LogP contribution in [0.15, 0.2) is 5.16 Å². The Bertz CT molecular complexity index is 406. The third-order valence-electron chi connectivity index (χ3n) is 4.49. The Kier molecular flexibility index (Phi) is 5.59. The smallest absolute Gasteiger partial charge is 0.433 e. The summed E-state index contributed by atoms with van der Waals surface area (Å²) >= 11 is 0. The quantitative estimate of drug-likeness (QED) is 0.603. The fourth-order valence-electron chi connectivity index (χ4n) is 3.31. The number of carbonyl (C=O) groups is 2.